The highest BCUT2D eigenvalue weighted by molar-refractivity contribution is 5.94. The molecule has 8 nitrogen and oxygen atoms in total. The van der Waals surface area contributed by atoms with Gasteiger partial charge in [0.1, 0.15) is 17.6 Å². The molecule has 1 unspecified atom stereocenters. The van der Waals surface area contributed by atoms with E-state index in [1.54, 1.807) is 16.8 Å². The van der Waals surface area contributed by atoms with Crippen LogP contribution < -0.4 is 0 Å². The molecule has 146 valence electrons. The summed E-state index contributed by atoms with van der Waals surface area (Å²) in [4.78, 5) is 14.2. The predicted molar refractivity (Wildman–Crippen MR) is 107 cm³/mol. The number of aromatic amines is 1. The molecule has 4 aromatic rings. The molecule has 0 aliphatic carbocycles. The molecule has 2 aromatic carbocycles. The maximum atomic E-state index is 12.7. The van der Waals surface area contributed by atoms with E-state index in [0.717, 1.165) is 35.1 Å². The van der Waals surface area contributed by atoms with Gasteiger partial charge in [0.05, 0.1) is 17.4 Å². The summed E-state index contributed by atoms with van der Waals surface area (Å²) in [6.45, 7) is 0.589. The Hall–Kier alpha value is -3.52. The zero-order valence-electron chi connectivity index (χ0n) is 15.7. The lowest BCUT2D eigenvalue weighted by molar-refractivity contribution is -0.0120. The van der Waals surface area contributed by atoms with Crippen LogP contribution in [0.15, 0.2) is 54.7 Å². The van der Waals surface area contributed by atoms with Crippen LogP contribution in [0.4, 0.5) is 0 Å². The van der Waals surface area contributed by atoms with Gasteiger partial charge in [-0.25, -0.2) is 4.68 Å². The van der Waals surface area contributed by atoms with Gasteiger partial charge in [-0.1, -0.05) is 23.4 Å². The molecule has 1 saturated heterocycles. The van der Waals surface area contributed by atoms with Gasteiger partial charge < -0.3 is 10.0 Å². The monoisotopic (exact) mass is 388 g/mol. The Morgan fingerprint density at radius 1 is 1.10 bits per heavy atom. The number of carbonyl (C=O) groups is 1. The minimum Gasteiger partial charge on any atom is -0.374 e. The van der Waals surface area contributed by atoms with Crippen LogP contribution in [0.2, 0.25) is 0 Å². The number of aliphatic hydroxyl groups excluding tert-OH is 1. The highest BCUT2D eigenvalue weighted by Gasteiger charge is 2.25. The highest BCUT2D eigenvalue weighted by Crippen LogP contribution is 2.25. The van der Waals surface area contributed by atoms with Crippen molar-refractivity contribution in [1.82, 2.24) is 30.1 Å². The maximum absolute atomic E-state index is 12.7. The molecular formula is C21H20N6O2. The first kappa shape index (κ1) is 17.6. The van der Waals surface area contributed by atoms with Crippen molar-refractivity contribution in [1.29, 1.82) is 0 Å². The molecule has 0 saturated carbocycles. The number of nitrogens with zero attached hydrogens (tertiary/aromatic N) is 5. The molecule has 0 radical (unpaired) electrons. The third-order valence-electron chi connectivity index (χ3n) is 5.32. The second-order valence-electron chi connectivity index (χ2n) is 7.19. The number of H-pyrrole nitrogens is 1. The molecule has 8 heteroatoms. The average molecular weight is 388 g/mol. The number of aromatic nitrogens is 5. The van der Waals surface area contributed by atoms with E-state index < -0.39 is 6.23 Å². The lowest BCUT2D eigenvalue weighted by atomic mass is 10.1. The van der Waals surface area contributed by atoms with E-state index in [-0.39, 0.29) is 5.91 Å². The van der Waals surface area contributed by atoms with Crippen molar-refractivity contribution in [3.05, 3.63) is 60.3 Å². The molecule has 1 aliphatic rings. The molecule has 2 aromatic heterocycles. The first-order valence-electron chi connectivity index (χ1n) is 9.66. The molecule has 1 fully saturated rings. The summed E-state index contributed by atoms with van der Waals surface area (Å²) < 4.78 is 1.66. The number of hydrogen-bond acceptors (Lipinski definition) is 5. The van der Waals surface area contributed by atoms with Crippen LogP contribution in [0.1, 0.15) is 29.6 Å². The minimum absolute atomic E-state index is 0.147. The third-order valence-corrected chi connectivity index (χ3v) is 5.32. The SMILES string of the molecule is O=C(c1ccc(-n2cc(-c3n[nH]c4ccccc34)nn2)cc1)N1CCCCC1O. The third kappa shape index (κ3) is 3.17. The molecule has 3 heterocycles. The number of hydrogen-bond donors (Lipinski definition) is 2. The Kier molecular flexibility index (Phi) is 4.33. The topological polar surface area (TPSA) is 99.9 Å². The Morgan fingerprint density at radius 2 is 1.93 bits per heavy atom. The zero-order valence-corrected chi connectivity index (χ0v) is 15.7. The molecule has 0 bridgehead atoms. The highest BCUT2D eigenvalue weighted by atomic mass is 16.3. The maximum Gasteiger partial charge on any atom is 0.255 e. The second kappa shape index (κ2) is 7.14. The predicted octanol–water partition coefficient (Wildman–Crippen LogP) is 2.76. The Labute approximate surface area is 166 Å². The molecule has 1 aliphatic heterocycles. The standard InChI is InChI=1S/C21H20N6O2/c28-19-7-3-4-12-26(19)21(29)14-8-10-15(11-9-14)27-13-18(23-25-27)20-16-5-1-2-6-17(16)22-24-20/h1-2,5-6,8-11,13,19,28H,3-4,7,12H2,(H,22,24). The number of benzene rings is 2. The second-order valence-corrected chi connectivity index (χ2v) is 7.19. The number of piperidine rings is 1. The van der Waals surface area contributed by atoms with Crippen molar-refractivity contribution in [2.45, 2.75) is 25.5 Å². The quantitative estimate of drug-likeness (QED) is 0.562. The van der Waals surface area contributed by atoms with Crippen molar-refractivity contribution in [2.24, 2.45) is 0 Å². The van der Waals surface area contributed by atoms with Crippen molar-refractivity contribution in [3.63, 3.8) is 0 Å². The molecule has 5 rings (SSSR count). The van der Waals surface area contributed by atoms with E-state index in [2.05, 4.69) is 20.5 Å². The lowest BCUT2D eigenvalue weighted by Crippen LogP contribution is -2.43. The number of aliphatic hydroxyl groups is 1. The van der Waals surface area contributed by atoms with Gasteiger partial charge in [0.25, 0.3) is 5.91 Å². The Morgan fingerprint density at radius 3 is 2.76 bits per heavy atom. The van der Waals surface area contributed by atoms with Gasteiger partial charge in [0.2, 0.25) is 0 Å². The van der Waals surface area contributed by atoms with Crippen LogP contribution in [0.3, 0.4) is 0 Å². The summed E-state index contributed by atoms with van der Waals surface area (Å²) in [5.41, 5.74) is 3.70. The fraction of sp³-hybridized carbons (Fsp3) is 0.238. The van der Waals surface area contributed by atoms with Gasteiger partial charge in [-0.05, 0) is 49.6 Å². The Balaban J connectivity index is 1.39. The lowest BCUT2D eigenvalue weighted by Gasteiger charge is -2.32. The number of fused-ring (bicyclic) bond motifs is 1. The Bertz CT molecular complexity index is 1160. The summed E-state index contributed by atoms with van der Waals surface area (Å²) in [6.07, 6.45) is 3.62. The summed E-state index contributed by atoms with van der Waals surface area (Å²) in [5.74, 6) is -0.147. The molecule has 1 atom stereocenters. The first-order chi connectivity index (χ1) is 14.2. The fourth-order valence-electron chi connectivity index (χ4n) is 3.73. The molecule has 1 amide bonds. The molecular weight excluding hydrogens is 368 g/mol. The van der Waals surface area contributed by atoms with Crippen LogP contribution in [0, 0.1) is 0 Å². The van der Waals surface area contributed by atoms with E-state index in [4.69, 9.17) is 0 Å². The van der Waals surface area contributed by atoms with E-state index in [9.17, 15) is 9.90 Å². The van der Waals surface area contributed by atoms with Crippen molar-refractivity contribution >= 4 is 16.8 Å². The summed E-state index contributed by atoms with van der Waals surface area (Å²) >= 11 is 0. The smallest absolute Gasteiger partial charge is 0.255 e. The first-order valence-corrected chi connectivity index (χ1v) is 9.66. The molecule has 2 N–H and O–H groups in total. The van der Waals surface area contributed by atoms with E-state index in [0.29, 0.717) is 24.2 Å². The molecule has 0 spiro atoms. The largest absolute Gasteiger partial charge is 0.374 e. The van der Waals surface area contributed by atoms with E-state index in [1.165, 1.54) is 4.90 Å². The van der Waals surface area contributed by atoms with Crippen LogP contribution in [0.5, 0.6) is 0 Å². The molecule has 29 heavy (non-hydrogen) atoms. The van der Waals surface area contributed by atoms with Crippen LogP contribution in [-0.2, 0) is 0 Å². The van der Waals surface area contributed by atoms with E-state index in [1.807, 2.05) is 42.6 Å². The number of rotatable bonds is 3. The number of carbonyl (C=O) groups excluding carboxylic acids is 1. The van der Waals surface area contributed by atoms with Crippen molar-refractivity contribution < 1.29 is 9.90 Å². The van der Waals surface area contributed by atoms with Crippen LogP contribution in [-0.4, -0.2) is 53.9 Å². The van der Waals surface area contributed by atoms with E-state index >= 15 is 0 Å². The van der Waals surface area contributed by atoms with Gasteiger partial charge >= 0.3 is 0 Å². The van der Waals surface area contributed by atoms with Crippen LogP contribution in [0.25, 0.3) is 28.0 Å². The average Bonchev–Trinajstić information content (AvgIpc) is 3.41. The van der Waals surface area contributed by atoms with Gasteiger partial charge in [-0.15, -0.1) is 5.10 Å². The van der Waals surface area contributed by atoms with Crippen LogP contribution >= 0.6 is 0 Å². The van der Waals surface area contributed by atoms with Gasteiger partial charge in [-0.3, -0.25) is 9.89 Å². The zero-order chi connectivity index (χ0) is 19.8. The summed E-state index contributed by atoms with van der Waals surface area (Å²) in [6, 6.07) is 15.0. The number of amides is 1. The van der Waals surface area contributed by atoms with Gasteiger partial charge in [0, 0.05) is 17.5 Å². The minimum atomic E-state index is -0.697. The summed E-state index contributed by atoms with van der Waals surface area (Å²) in [5, 5.41) is 26.9. The fourth-order valence-corrected chi connectivity index (χ4v) is 3.73. The van der Waals surface area contributed by atoms with Gasteiger partial charge in [0.15, 0.2) is 0 Å². The normalized spacial score (nSPS) is 17.0. The summed E-state index contributed by atoms with van der Waals surface area (Å²) in [7, 11) is 0. The van der Waals surface area contributed by atoms with Crippen molar-refractivity contribution in [2.75, 3.05) is 6.54 Å². The number of nitrogens with one attached hydrogen (secondary N) is 1. The number of para-hydroxylation sites is 1. The van der Waals surface area contributed by atoms with Gasteiger partial charge in [-0.2, -0.15) is 5.10 Å². The number of likely N-dealkylation sites (tertiary alicyclic amines) is 1. The van der Waals surface area contributed by atoms with Crippen molar-refractivity contribution in [3.8, 4) is 17.1 Å².